The SMILES string of the molecule is COCc1ccc2c(c1)CN(C(=O)Nc1ccc(NC(=O)CC3CCCC3)cc1)C2. The molecule has 1 aliphatic carbocycles. The first-order valence-electron chi connectivity index (χ1n) is 10.7. The molecule has 0 atom stereocenters. The lowest BCUT2D eigenvalue weighted by Crippen LogP contribution is -2.30. The van der Waals surface area contributed by atoms with E-state index in [2.05, 4.69) is 22.8 Å². The number of fused-ring (bicyclic) bond motifs is 1. The fraction of sp³-hybridized carbons (Fsp3) is 0.417. The largest absolute Gasteiger partial charge is 0.380 e. The molecule has 0 radical (unpaired) electrons. The van der Waals surface area contributed by atoms with Crippen molar-refractivity contribution in [3.8, 4) is 0 Å². The van der Waals surface area contributed by atoms with E-state index in [9.17, 15) is 9.59 Å². The van der Waals surface area contributed by atoms with Crippen LogP contribution in [0.25, 0.3) is 0 Å². The Bertz CT molecular complexity index is 904. The van der Waals surface area contributed by atoms with Crippen LogP contribution in [0.3, 0.4) is 0 Å². The Kier molecular flexibility index (Phi) is 6.33. The highest BCUT2D eigenvalue weighted by Gasteiger charge is 2.23. The first-order chi connectivity index (χ1) is 14.6. The van der Waals surface area contributed by atoms with E-state index < -0.39 is 0 Å². The van der Waals surface area contributed by atoms with E-state index in [0.717, 1.165) is 24.1 Å². The molecule has 0 unspecified atom stereocenters. The van der Waals surface area contributed by atoms with Crippen LogP contribution in [0.15, 0.2) is 42.5 Å². The van der Waals surface area contributed by atoms with Gasteiger partial charge in [-0.3, -0.25) is 4.79 Å². The van der Waals surface area contributed by atoms with E-state index in [0.29, 0.717) is 37.7 Å². The van der Waals surface area contributed by atoms with Gasteiger partial charge in [-0.05, 0) is 59.7 Å². The van der Waals surface area contributed by atoms with Crippen molar-refractivity contribution in [3.05, 3.63) is 59.2 Å². The molecule has 3 amide bonds. The number of urea groups is 1. The van der Waals surface area contributed by atoms with Crippen LogP contribution in [0.5, 0.6) is 0 Å². The van der Waals surface area contributed by atoms with E-state index in [1.807, 2.05) is 30.3 Å². The molecule has 158 valence electrons. The van der Waals surface area contributed by atoms with Crippen LogP contribution >= 0.6 is 0 Å². The van der Waals surface area contributed by atoms with Gasteiger partial charge < -0.3 is 20.3 Å². The molecule has 1 saturated carbocycles. The summed E-state index contributed by atoms with van der Waals surface area (Å²) in [5.74, 6) is 0.597. The summed E-state index contributed by atoms with van der Waals surface area (Å²) in [4.78, 5) is 26.6. The minimum Gasteiger partial charge on any atom is -0.380 e. The number of rotatable bonds is 6. The summed E-state index contributed by atoms with van der Waals surface area (Å²) in [6, 6.07) is 13.4. The number of methoxy groups -OCH3 is 1. The Hall–Kier alpha value is -2.86. The quantitative estimate of drug-likeness (QED) is 0.715. The zero-order chi connectivity index (χ0) is 20.9. The summed E-state index contributed by atoms with van der Waals surface area (Å²) >= 11 is 0. The van der Waals surface area contributed by atoms with Gasteiger partial charge in [-0.15, -0.1) is 0 Å². The first-order valence-corrected chi connectivity index (χ1v) is 10.7. The fourth-order valence-electron chi connectivity index (χ4n) is 4.38. The molecule has 0 spiro atoms. The topological polar surface area (TPSA) is 70.7 Å². The van der Waals surface area contributed by atoms with Crippen LogP contribution < -0.4 is 10.6 Å². The number of nitrogens with one attached hydrogen (secondary N) is 2. The number of benzene rings is 2. The number of carbonyl (C=O) groups excluding carboxylic acids is 2. The second-order valence-corrected chi connectivity index (χ2v) is 8.30. The smallest absolute Gasteiger partial charge is 0.322 e. The number of amides is 3. The molecule has 4 rings (SSSR count). The van der Waals surface area contributed by atoms with E-state index in [1.165, 1.54) is 24.0 Å². The van der Waals surface area contributed by atoms with Crippen molar-refractivity contribution in [1.29, 1.82) is 0 Å². The Labute approximate surface area is 177 Å². The van der Waals surface area contributed by atoms with E-state index in [4.69, 9.17) is 4.74 Å². The van der Waals surface area contributed by atoms with Crippen LogP contribution in [-0.4, -0.2) is 23.9 Å². The summed E-state index contributed by atoms with van der Waals surface area (Å²) < 4.78 is 5.19. The van der Waals surface area contributed by atoms with Gasteiger partial charge in [0.25, 0.3) is 0 Å². The number of ether oxygens (including phenoxy) is 1. The first kappa shape index (κ1) is 20.4. The summed E-state index contributed by atoms with van der Waals surface area (Å²) in [6.07, 6.45) is 5.39. The van der Waals surface area contributed by atoms with Crippen molar-refractivity contribution in [1.82, 2.24) is 4.90 Å². The third kappa shape index (κ3) is 5.00. The zero-order valence-corrected chi connectivity index (χ0v) is 17.4. The molecule has 1 heterocycles. The van der Waals surface area contributed by atoms with Gasteiger partial charge in [-0.2, -0.15) is 0 Å². The average Bonchev–Trinajstić information content (AvgIpc) is 3.39. The summed E-state index contributed by atoms with van der Waals surface area (Å²) in [6.45, 7) is 1.76. The van der Waals surface area contributed by atoms with Crippen molar-refractivity contribution >= 4 is 23.3 Å². The molecule has 0 saturated heterocycles. The predicted octanol–water partition coefficient (Wildman–Crippen LogP) is 4.90. The normalized spacial score (nSPS) is 15.8. The Morgan fingerprint density at radius 2 is 1.63 bits per heavy atom. The van der Waals surface area contributed by atoms with E-state index >= 15 is 0 Å². The molecule has 2 aromatic carbocycles. The van der Waals surface area contributed by atoms with E-state index in [-0.39, 0.29) is 11.9 Å². The lowest BCUT2D eigenvalue weighted by atomic mass is 10.0. The Morgan fingerprint density at radius 1 is 0.967 bits per heavy atom. The standard InChI is InChI=1S/C24H29N3O3/c1-30-16-18-6-7-19-14-27(15-20(19)12-18)24(29)26-22-10-8-21(9-11-22)25-23(28)13-17-4-2-3-5-17/h6-12,17H,2-5,13-16H2,1H3,(H,25,28)(H,26,29). The van der Waals surface area contributed by atoms with Crippen LogP contribution in [0.4, 0.5) is 16.2 Å². The molecule has 2 N–H and O–H groups in total. The third-order valence-electron chi connectivity index (χ3n) is 5.96. The molecular weight excluding hydrogens is 378 g/mol. The Balaban J connectivity index is 1.29. The number of hydrogen-bond donors (Lipinski definition) is 2. The van der Waals surface area contributed by atoms with Gasteiger partial charge in [0.2, 0.25) is 5.91 Å². The molecule has 2 aromatic rings. The lowest BCUT2D eigenvalue weighted by molar-refractivity contribution is -0.117. The maximum absolute atomic E-state index is 12.7. The van der Waals surface area contributed by atoms with Crippen molar-refractivity contribution in [3.63, 3.8) is 0 Å². The molecule has 30 heavy (non-hydrogen) atoms. The van der Waals surface area contributed by atoms with Crippen LogP contribution in [0.2, 0.25) is 0 Å². The Morgan fingerprint density at radius 3 is 2.33 bits per heavy atom. The number of carbonyl (C=O) groups is 2. The molecule has 1 aliphatic heterocycles. The van der Waals surface area contributed by atoms with Crippen LogP contribution in [-0.2, 0) is 29.2 Å². The van der Waals surface area contributed by atoms with Crippen molar-refractivity contribution in [2.75, 3.05) is 17.7 Å². The number of anilines is 2. The van der Waals surface area contributed by atoms with Crippen molar-refractivity contribution in [2.24, 2.45) is 5.92 Å². The molecule has 1 fully saturated rings. The van der Waals surface area contributed by atoms with E-state index in [1.54, 1.807) is 12.0 Å². The summed E-state index contributed by atoms with van der Waals surface area (Å²) in [5.41, 5.74) is 4.93. The van der Waals surface area contributed by atoms with Crippen LogP contribution in [0.1, 0.15) is 48.8 Å². The minimum absolute atomic E-state index is 0.0707. The van der Waals surface area contributed by atoms with Gasteiger partial charge in [0, 0.05) is 38.0 Å². The molecule has 2 aliphatic rings. The highest BCUT2D eigenvalue weighted by Crippen LogP contribution is 2.28. The van der Waals surface area contributed by atoms with Gasteiger partial charge >= 0.3 is 6.03 Å². The minimum atomic E-state index is -0.127. The third-order valence-corrected chi connectivity index (χ3v) is 5.96. The highest BCUT2D eigenvalue weighted by molar-refractivity contribution is 5.92. The van der Waals surface area contributed by atoms with Crippen LogP contribution in [0, 0.1) is 5.92 Å². The monoisotopic (exact) mass is 407 g/mol. The van der Waals surface area contributed by atoms with Crippen molar-refractivity contribution < 1.29 is 14.3 Å². The van der Waals surface area contributed by atoms with Gasteiger partial charge in [0.15, 0.2) is 0 Å². The van der Waals surface area contributed by atoms with Crippen molar-refractivity contribution in [2.45, 2.75) is 51.8 Å². The number of hydrogen-bond acceptors (Lipinski definition) is 3. The fourth-order valence-corrected chi connectivity index (χ4v) is 4.38. The van der Waals surface area contributed by atoms with Gasteiger partial charge in [-0.1, -0.05) is 31.0 Å². The second kappa shape index (κ2) is 9.30. The molecule has 6 nitrogen and oxygen atoms in total. The summed E-state index contributed by atoms with van der Waals surface area (Å²) in [5, 5.41) is 5.91. The average molecular weight is 408 g/mol. The maximum Gasteiger partial charge on any atom is 0.322 e. The van der Waals surface area contributed by atoms with Gasteiger partial charge in [-0.25, -0.2) is 4.79 Å². The lowest BCUT2D eigenvalue weighted by Gasteiger charge is -2.16. The highest BCUT2D eigenvalue weighted by atomic mass is 16.5. The maximum atomic E-state index is 12.7. The molecule has 6 heteroatoms. The molecule has 0 bridgehead atoms. The second-order valence-electron chi connectivity index (χ2n) is 8.30. The van der Waals surface area contributed by atoms with Gasteiger partial charge in [0.05, 0.1) is 6.61 Å². The summed E-state index contributed by atoms with van der Waals surface area (Å²) in [7, 11) is 1.68. The zero-order valence-electron chi connectivity index (χ0n) is 17.4. The predicted molar refractivity (Wildman–Crippen MR) is 117 cm³/mol. The molecular formula is C24H29N3O3. The molecule has 0 aromatic heterocycles. The number of nitrogens with zero attached hydrogens (tertiary/aromatic N) is 1. The van der Waals surface area contributed by atoms with Gasteiger partial charge in [0.1, 0.15) is 0 Å².